The van der Waals surface area contributed by atoms with Crippen LogP contribution in [0.15, 0.2) is 42.6 Å². The summed E-state index contributed by atoms with van der Waals surface area (Å²) in [5, 5.41) is 0.640. The highest BCUT2D eigenvalue weighted by Gasteiger charge is 2.20. The molecule has 2 aromatic carbocycles. The lowest BCUT2D eigenvalue weighted by Crippen LogP contribution is -2.04. The molecule has 0 spiro atoms. The molecule has 1 aromatic heterocycles. The fourth-order valence-corrected chi connectivity index (χ4v) is 2.36. The molecule has 0 fully saturated rings. The number of carbonyl (C=O) groups is 1. The third kappa shape index (κ3) is 2.12. The molecule has 0 amide bonds. The summed E-state index contributed by atoms with van der Waals surface area (Å²) >= 11 is 0. The first-order valence-corrected chi connectivity index (χ1v) is 6.35. The Bertz CT molecular complexity index is 839. The van der Waals surface area contributed by atoms with Gasteiger partial charge in [-0.25, -0.2) is 4.39 Å². The van der Waals surface area contributed by atoms with Crippen molar-refractivity contribution in [3.63, 3.8) is 0 Å². The molecule has 5 heteroatoms. The van der Waals surface area contributed by atoms with Gasteiger partial charge in [-0.2, -0.15) is 0 Å². The number of benzene rings is 2. The van der Waals surface area contributed by atoms with Crippen LogP contribution >= 0.6 is 0 Å². The molecule has 0 aliphatic carbocycles. The first-order valence-electron chi connectivity index (χ1n) is 6.35. The fourth-order valence-electron chi connectivity index (χ4n) is 2.36. The number of ether oxygens (including phenoxy) is 1. The predicted octanol–water partition coefficient (Wildman–Crippen LogP) is 3.13. The van der Waals surface area contributed by atoms with E-state index in [-0.39, 0.29) is 11.3 Å². The number of carbonyl (C=O) groups excluding carboxylic acids is 1. The van der Waals surface area contributed by atoms with Gasteiger partial charge in [0.1, 0.15) is 11.6 Å². The lowest BCUT2D eigenvalue weighted by atomic mass is 10.0. The molecular weight excluding hydrogens is 271 g/mol. The van der Waals surface area contributed by atoms with Crippen molar-refractivity contribution in [3.8, 4) is 5.75 Å². The van der Waals surface area contributed by atoms with E-state index >= 15 is 0 Å². The van der Waals surface area contributed by atoms with Gasteiger partial charge in [0.2, 0.25) is 0 Å². The topological polar surface area (TPSA) is 68.1 Å². The third-order valence-corrected chi connectivity index (χ3v) is 3.37. The molecule has 0 radical (unpaired) electrons. The summed E-state index contributed by atoms with van der Waals surface area (Å²) in [6.45, 7) is 0. The highest BCUT2D eigenvalue weighted by Crippen LogP contribution is 2.30. The van der Waals surface area contributed by atoms with Gasteiger partial charge in [-0.05, 0) is 30.3 Å². The van der Waals surface area contributed by atoms with Crippen molar-refractivity contribution in [1.29, 1.82) is 0 Å². The highest BCUT2D eigenvalue weighted by atomic mass is 19.1. The Kier molecular flexibility index (Phi) is 3.10. The van der Waals surface area contributed by atoms with Gasteiger partial charge in [-0.15, -0.1) is 0 Å². The lowest BCUT2D eigenvalue weighted by molar-refractivity contribution is 0.103. The number of nitrogens with one attached hydrogen (secondary N) is 1. The Morgan fingerprint density at radius 3 is 2.76 bits per heavy atom. The maximum absolute atomic E-state index is 13.9. The maximum Gasteiger partial charge on any atom is 0.198 e. The van der Waals surface area contributed by atoms with E-state index in [1.807, 2.05) is 12.1 Å². The maximum atomic E-state index is 13.9. The van der Waals surface area contributed by atoms with E-state index in [2.05, 4.69) is 4.98 Å². The quantitative estimate of drug-likeness (QED) is 0.573. The molecule has 3 N–H and O–H groups in total. The molecule has 0 saturated heterocycles. The zero-order valence-corrected chi connectivity index (χ0v) is 11.3. The van der Waals surface area contributed by atoms with Crippen molar-refractivity contribution in [3.05, 3.63) is 59.5 Å². The normalized spacial score (nSPS) is 10.8. The van der Waals surface area contributed by atoms with Gasteiger partial charge < -0.3 is 15.5 Å². The summed E-state index contributed by atoms with van der Waals surface area (Å²) in [5.41, 5.74) is 6.89. The summed E-state index contributed by atoms with van der Waals surface area (Å²) in [7, 11) is 1.53. The van der Waals surface area contributed by atoms with Crippen LogP contribution in [0.5, 0.6) is 5.75 Å². The number of H-pyrrole nitrogens is 1. The molecule has 21 heavy (non-hydrogen) atoms. The van der Waals surface area contributed by atoms with Crippen LogP contribution in [0.4, 0.5) is 10.1 Å². The number of rotatable bonds is 3. The minimum Gasteiger partial charge on any atom is -0.496 e. The highest BCUT2D eigenvalue weighted by molar-refractivity contribution is 6.17. The number of nitrogen functional groups attached to an aromatic ring is 1. The second kappa shape index (κ2) is 4.94. The average Bonchev–Trinajstić information content (AvgIpc) is 2.90. The number of fused-ring (bicyclic) bond motifs is 1. The van der Waals surface area contributed by atoms with Crippen LogP contribution in [0.25, 0.3) is 10.9 Å². The Labute approximate surface area is 120 Å². The predicted molar refractivity (Wildman–Crippen MR) is 79.1 cm³/mol. The van der Waals surface area contributed by atoms with Crippen LogP contribution in [0.3, 0.4) is 0 Å². The van der Waals surface area contributed by atoms with E-state index in [1.54, 1.807) is 12.3 Å². The van der Waals surface area contributed by atoms with Gasteiger partial charge in [0.25, 0.3) is 0 Å². The molecule has 3 rings (SSSR count). The summed E-state index contributed by atoms with van der Waals surface area (Å²) in [6.07, 6.45) is 1.56. The zero-order chi connectivity index (χ0) is 15.0. The number of aromatic nitrogens is 1. The molecule has 0 aliphatic rings. The van der Waals surface area contributed by atoms with Crippen molar-refractivity contribution in [1.82, 2.24) is 4.98 Å². The second-order valence-electron chi connectivity index (χ2n) is 4.65. The number of anilines is 1. The third-order valence-electron chi connectivity index (χ3n) is 3.37. The monoisotopic (exact) mass is 284 g/mol. The van der Waals surface area contributed by atoms with Crippen molar-refractivity contribution >= 4 is 22.4 Å². The summed E-state index contributed by atoms with van der Waals surface area (Å²) in [4.78, 5) is 15.6. The SMILES string of the molecule is COc1cccc2[nH]cc(C(=O)c3ccc(N)cc3F)c12. The summed E-state index contributed by atoms with van der Waals surface area (Å²) in [6, 6.07) is 9.43. The van der Waals surface area contributed by atoms with E-state index in [1.165, 1.54) is 19.2 Å². The first-order chi connectivity index (χ1) is 10.1. The molecule has 0 bridgehead atoms. The van der Waals surface area contributed by atoms with E-state index in [9.17, 15) is 9.18 Å². The van der Waals surface area contributed by atoms with Crippen LogP contribution < -0.4 is 10.5 Å². The lowest BCUT2D eigenvalue weighted by Gasteiger charge is -2.05. The van der Waals surface area contributed by atoms with Crippen LogP contribution in [-0.4, -0.2) is 17.9 Å². The Balaban J connectivity index is 2.18. The van der Waals surface area contributed by atoms with Gasteiger partial charge in [-0.1, -0.05) is 6.07 Å². The Hall–Kier alpha value is -2.82. The number of aromatic amines is 1. The largest absolute Gasteiger partial charge is 0.496 e. The molecule has 4 nitrogen and oxygen atoms in total. The number of methoxy groups -OCH3 is 1. The van der Waals surface area contributed by atoms with E-state index < -0.39 is 11.6 Å². The number of halogens is 1. The molecule has 0 saturated carbocycles. The minimum absolute atomic E-state index is 0.0176. The number of hydrogen-bond donors (Lipinski definition) is 2. The number of hydrogen-bond acceptors (Lipinski definition) is 3. The van der Waals surface area contributed by atoms with Crippen molar-refractivity contribution in [2.24, 2.45) is 0 Å². The van der Waals surface area contributed by atoms with Crippen LogP contribution in [0.2, 0.25) is 0 Å². The van der Waals surface area contributed by atoms with Crippen LogP contribution in [0.1, 0.15) is 15.9 Å². The van der Waals surface area contributed by atoms with Gasteiger partial charge >= 0.3 is 0 Å². The standard InChI is InChI=1S/C16H13FN2O2/c1-21-14-4-2-3-13-15(14)11(8-19-13)16(20)10-6-5-9(18)7-12(10)17/h2-8,19H,18H2,1H3. The number of nitrogens with two attached hydrogens (primary N) is 1. The van der Waals surface area contributed by atoms with E-state index in [4.69, 9.17) is 10.5 Å². The minimum atomic E-state index is -0.635. The van der Waals surface area contributed by atoms with Crippen molar-refractivity contribution in [2.45, 2.75) is 0 Å². The fraction of sp³-hybridized carbons (Fsp3) is 0.0625. The zero-order valence-electron chi connectivity index (χ0n) is 11.3. The van der Waals surface area contributed by atoms with Crippen LogP contribution in [0, 0.1) is 5.82 Å². The summed E-state index contributed by atoms with van der Waals surface area (Å²) in [5.74, 6) is -0.486. The van der Waals surface area contributed by atoms with E-state index in [0.29, 0.717) is 16.7 Å². The van der Waals surface area contributed by atoms with Crippen molar-refractivity contribution in [2.75, 3.05) is 12.8 Å². The van der Waals surface area contributed by atoms with Gasteiger partial charge in [0.15, 0.2) is 5.78 Å². The second-order valence-corrected chi connectivity index (χ2v) is 4.65. The smallest absolute Gasteiger partial charge is 0.198 e. The van der Waals surface area contributed by atoms with Gasteiger partial charge in [0, 0.05) is 17.4 Å². The molecule has 0 unspecified atom stereocenters. The molecule has 0 aliphatic heterocycles. The first kappa shape index (κ1) is 13.2. The molecule has 106 valence electrons. The van der Waals surface area contributed by atoms with Crippen LogP contribution in [-0.2, 0) is 0 Å². The molecule has 1 heterocycles. The Morgan fingerprint density at radius 2 is 2.05 bits per heavy atom. The molecule has 3 aromatic rings. The molecule has 0 atom stereocenters. The van der Waals surface area contributed by atoms with Gasteiger partial charge in [-0.3, -0.25) is 4.79 Å². The van der Waals surface area contributed by atoms with E-state index in [0.717, 1.165) is 11.6 Å². The average molecular weight is 284 g/mol. The Morgan fingerprint density at radius 1 is 1.24 bits per heavy atom. The summed E-state index contributed by atoms with van der Waals surface area (Å²) < 4.78 is 19.2. The van der Waals surface area contributed by atoms with Crippen molar-refractivity contribution < 1.29 is 13.9 Å². The van der Waals surface area contributed by atoms with Gasteiger partial charge in [0.05, 0.1) is 23.6 Å². The number of ketones is 1. The molecular formula is C16H13FN2O2.